The molecule has 2 fully saturated rings. The quantitative estimate of drug-likeness (QED) is 0.291. The summed E-state index contributed by atoms with van der Waals surface area (Å²) >= 11 is 0. The Morgan fingerprint density at radius 1 is 1.12 bits per heavy atom. The first-order valence-corrected chi connectivity index (χ1v) is 14.4. The average molecular weight is 584 g/mol. The van der Waals surface area contributed by atoms with Gasteiger partial charge < -0.3 is 20.1 Å². The van der Waals surface area contributed by atoms with Crippen LogP contribution in [0.15, 0.2) is 36.5 Å². The Bertz CT molecular complexity index is 1620. The maximum atomic E-state index is 16.4. The van der Waals surface area contributed by atoms with E-state index in [4.69, 9.17) is 4.74 Å². The fourth-order valence-electron chi connectivity index (χ4n) is 6.10. The van der Waals surface area contributed by atoms with Crippen LogP contribution >= 0.6 is 0 Å². The number of aliphatic hydroxyl groups is 1. The van der Waals surface area contributed by atoms with Crippen molar-refractivity contribution in [2.45, 2.75) is 50.8 Å². The summed E-state index contributed by atoms with van der Waals surface area (Å²) in [5, 5.41) is 14.5. The van der Waals surface area contributed by atoms with Crippen molar-refractivity contribution in [3.8, 4) is 17.3 Å². The van der Waals surface area contributed by atoms with Crippen LogP contribution in [0, 0.1) is 23.4 Å². The lowest BCUT2D eigenvalue weighted by Gasteiger charge is -2.37. The number of alkyl halides is 1. The van der Waals surface area contributed by atoms with E-state index in [-0.39, 0.29) is 47.2 Å². The fourth-order valence-corrected chi connectivity index (χ4v) is 6.10. The minimum absolute atomic E-state index is 0.0630. The van der Waals surface area contributed by atoms with E-state index in [9.17, 15) is 18.3 Å². The van der Waals surface area contributed by atoms with Gasteiger partial charge in [-0.25, -0.2) is 17.6 Å². The number of fused-ring (bicyclic) bond motifs is 2. The van der Waals surface area contributed by atoms with E-state index in [1.54, 1.807) is 19.1 Å². The van der Waals surface area contributed by atoms with Crippen LogP contribution in [-0.4, -0.2) is 64.6 Å². The number of aromatic nitrogens is 3. The van der Waals surface area contributed by atoms with Gasteiger partial charge in [-0.15, -0.1) is 0 Å². The standard InChI is InChI=1S/C31H33F4N5O2/c1-31(41)10-4-12-40(17-31)29-22-15-37-27(21-7-2-6-19-8-9-23(33)25(34)24(19)21)26(35)28(22)38-30(39-29)42-16-18-5-3-11-36-14-20(32)13-18/h2,6-9,15,18,20,36,41H,3-5,10-14,16-17H2,1H3/t18-,20-,31-/m1/s1. The van der Waals surface area contributed by atoms with Crippen LogP contribution in [0.1, 0.15) is 39.0 Å². The van der Waals surface area contributed by atoms with Crippen molar-refractivity contribution in [1.82, 2.24) is 20.3 Å². The van der Waals surface area contributed by atoms with Crippen molar-refractivity contribution >= 4 is 27.5 Å². The smallest absolute Gasteiger partial charge is 0.319 e. The summed E-state index contributed by atoms with van der Waals surface area (Å²) in [5.41, 5.74) is -1.17. The van der Waals surface area contributed by atoms with Gasteiger partial charge in [-0.1, -0.05) is 24.3 Å². The molecule has 2 aliphatic heterocycles. The van der Waals surface area contributed by atoms with E-state index in [0.29, 0.717) is 48.9 Å². The third-order valence-electron chi connectivity index (χ3n) is 8.18. The fraction of sp³-hybridized carbons (Fsp3) is 0.452. The summed E-state index contributed by atoms with van der Waals surface area (Å²) in [6.07, 6.45) is 3.68. The third-order valence-corrected chi connectivity index (χ3v) is 8.18. The lowest BCUT2D eigenvalue weighted by Crippen LogP contribution is -2.46. The van der Waals surface area contributed by atoms with E-state index in [0.717, 1.165) is 25.5 Å². The molecule has 3 atom stereocenters. The van der Waals surface area contributed by atoms with Crippen molar-refractivity contribution in [1.29, 1.82) is 0 Å². The predicted molar refractivity (Wildman–Crippen MR) is 153 cm³/mol. The molecule has 11 heteroatoms. The molecule has 42 heavy (non-hydrogen) atoms. The first-order chi connectivity index (χ1) is 20.2. The Morgan fingerprint density at radius 3 is 2.81 bits per heavy atom. The molecule has 2 aromatic heterocycles. The zero-order valence-electron chi connectivity index (χ0n) is 23.3. The van der Waals surface area contributed by atoms with Crippen LogP contribution in [0.3, 0.4) is 0 Å². The van der Waals surface area contributed by atoms with Crippen LogP contribution in [0.25, 0.3) is 32.9 Å². The SMILES string of the molecule is C[C@@]1(O)CCCN(c2nc(OC[C@@H]3CCCNC[C@H](F)C3)nc3c(F)c(-c4cccc5ccc(F)c(F)c45)ncc23)C1. The molecule has 2 saturated heterocycles. The maximum absolute atomic E-state index is 16.4. The number of hydrogen-bond acceptors (Lipinski definition) is 7. The minimum Gasteiger partial charge on any atom is -0.463 e. The summed E-state index contributed by atoms with van der Waals surface area (Å²) in [6, 6.07) is 7.10. The molecular formula is C31H33F4N5O2. The molecule has 0 saturated carbocycles. The number of rotatable bonds is 5. The number of β-amino-alcohol motifs (C(OH)–C–C–N with tert-alkyl or cyclic N) is 1. The first kappa shape index (κ1) is 28.5. The normalized spacial score (nSPS) is 23.6. The molecular weight excluding hydrogens is 550 g/mol. The van der Waals surface area contributed by atoms with Crippen LogP contribution in [0.4, 0.5) is 23.4 Å². The Hall–Kier alpha value is -3.57. The molecule has 2 aliphatic rings. The first-order valence-electron chi connectivity index (χ1n) is 14.4. The van der Waals surface area contributed by atoms with E-state index in [1.807, 2.05) is 4.90 Å². The van der Waals surface area contributed by atoms with Gasteiger partial charge in [-0.05, 0) is 62.9 Å². The van der Waals surface area contributed by atoms with Gasteiger partial charge in [-0.2, -0.15) is 9.97 Å². The van der Waals surface area contributed by atoms with Crippen LogP contribution in [0.2, 0.25) is 0 Å². The topological polar surface area (TPSA) is 83.4 Å². The lowest BCUT2D eigenvalue weighted by atomic mass is 9.95. The molecule has 0 bridgehead atoms. The summed E-state index contributed by atoms with van der Waals surface area (Å²) in [4.78, 5) is 15.2. The number of nitrogens with one attached hydrogen (secondary N) is 1. The second kappa shape index (κ2) is 11.6. The molecule has 6 rings (SSSR count). The Labute approximate surface area is 240 Å². The summed E-state index contributed by atoms with van der Waals surface area (Å²) < 4.78 is 65.9. The van der Waals surface area contributed by atoms with Crippen LogP contribution in [0.5, 0.6) is 6.01 Å². The maximum Gasteiger partial charge on any atom is 0.319 e. The van der Waals surface area contributed by atoms with Gasteiger partial charge in [0.25, 0.3) is 0 Å². The Kier molecular flexibility index (Phi) is 7.89. The van der Waals surface area contributed by atoms with Crippen LogP contribution < -0.4 is 15.0 Å². The summed E-state index contributed by atoms with van der Waals surface area (Å²) in [7, 11) is 0. The Balaban J connectivity index is 1.45. The van der Waals surface area contributed by atoms with Crippen molar-refractivity contribution < 1.29 is 27.4 Å². The summed E-state index contributed by atoms with van der Waals surface area (Å²) in [6.45, 7) is 3.75. The van der Waals surface area contributed by atoms with E-state index in [2.05, 4.69) is 20.3 Å². The molecule has 222 valence electrons. The monoisotopic (exact) mass is 583 g/mol. The van der Waals surface area contributed by atoms with Crippen molar-refractivity contribution in [3.63, 3.8) is 0 Å². The molecule has 0 radical (unpaired) electrons. The molecule has 0 amide bonds. The van der Waals surface area contributed by atoms with E-state index >= 15 is 4.39 Å². The van der Waals surface area contributed by atoms with Crippen molar-refractivity contribution in [3.05, 3.63) is 54.0 Å². The zero-order chi connectivity index (χ0) is 29.4. The highest BCUT2D eigenvalue weighted by molar-refractivity contribution is 5.99. The van der Waals surface area contributed by atoms with Gasteiger partial charge in [0.05, 0.1) is 17.6 Å². The zero-order valence-corrected chi connectivity index (χ0v) is 23.3. The molecule has 7 nitrogen and oxygen atoms in total. The molecule has 2 aromatic carbocycles. The van der Waals surface area contributed by atoms with Crippen molar-refractivity contribution in [2.75, 3.05) is 37.7 Å². The number of nitrogens with zero attached hydrogens (tertiary/aromatic N) is 4. The number of hydrogen-bond donors (Lipinski definition) is 2. The van der Waals surface area contributed by atoms with Gasteiger partial charge in [-0.3, -0.25) is 4.98 Å². The summed E-state index contributed by atoms with van der Waals surface area (Å²) in [5.74, 6) is -2.68. The highest BCUT2D eigenvalue weighted by Crippen LogP contribution is 2.37. The highest BCUT2D eigenvalue weighted by atomic mass is 19.2. The number of anilines is 1. The molecule has 2 N–H and O–H groups in total. The predicted octanol–water partition coefficient (Wildman–Crippen LogP) is 5.72. The van der Waals surface area contributed by atoms with E-state index in [1.165, 1.54) is 18.3 Å². The average Bonchev–Trinajstić information content (AvgIpc) is 2.95. The molecule has 0 spiro atoms. The third kappa shape index (κ3) is 5.72. The van der Waals surface area contributed by atoms with Gasteiger partial charge in [0.1, 0.15) is 23.2 Å². The van der Waals surface area contributed by atoms with Crippen LogP contribution in [-0.2, 0) is 0 Å². The number of pyridine rings is 1. The van der Waals surface area contributed by atoms with Crippen molar-refractivity contribution in [2.24, 2.45) is 5.92 Å². The Morgan fingerprint density at radius 2 is 1.98 bits per heavy atom. The molecule has 4 heterocycles. The van der Waals surface area contributed by atoms with Gasteiger partial charge in [0, 0.05) is 36.8 Å². The molecule has 0 unspecified atom stereocenters. The molecule has 0 aliphatic carbocycles. The second-order valence-corrected chi connectivity index (χ2v) is 11.7. The minimum atomic E-state index is -1.09. The van der Waals surface area contributed by atoms with Gasteiger partial charge >= 0.3 is 6.01 Å². The second-order valence-electron chi connectivity index (χ2n) is 11.7. The van der Waals surface area contributed by atoms with E-state index < -0.39 is 29.2 Å². The number of benzene rings is 2. The lowest BCUT2D eigenvalue weighted by molar-refractivity contribution is 0.0447. The highest BCUT2D eigenvalue weighted by Gasteiger charge is 2.31. The molecule has 4 aromatic rings. The van der Waals surface area contributed by atoms with Gasteiger partial charge in [0.2, 0.25) is 0 Å². The largest absolute Gasteiger partial charge is 0.463 e. The van der Waals surface area contributed by atoms with Gasteiger partial charge in [0.15, 0.2) is 17.5 Å². The number of halogens is 4. The number of ether oxygens (including phenoxy) is 1. The number of piperidine rings is 1.